The van der Waals surface area contributed by atoms with E-state index in [-0.39, 0.29) is 17.6 Å². The Labute approximate surface area is 138 Å². The molecular weight excluding hydrogens is 294 g/mol. The molecule has 1 aliphatic heterocycles. The van der Waals surface area contributed by atoms with E-state index in [1.807, 2.05) is 43.9 Å². The summed E-state index contributed by atoms with van der Waals surface area (Å²) in [6.45, 7) is 7.33. The zero-order chi connectivity index (χ0) is 17.0. The summed E-state index contributed by atoms with van der Waals surface area (Å²) in [4.78, 5) is 14.6. The van der Waals surface area contributed by atoms with Gasteiger partial charge in [-0.25, -0.2) is 0 Å². The van der Waals surface area contributed by atoms with Crippen molar-refractivity contribution in [2.45, 2.75) is 45.3 Å². The summed E-state index contributed by atoms with van der Waals surface area (Å²) in [7, 11) is 3.23. The van der Waals surface area contributed by atoms with Crippen LogP contribution in [0.1, 0.15) is 32.8 Å². The predicted molar refractivity (Wildman–Crippen MR) is 89.1 cm³/mol. The van der Waals surface area contributed by atoms with Gasteiger partial charge in [0, 0.05) is 13.0 Å². The van der Waals surface area contributed by atoms with Gasteiger partial charge in [0.2, 0.25) is 5.91 Å². The summed E-state index contributed by atoms with van der Waals surface area (Å²) in [6.07, 6.45) is 1.25. The number of morpholine rings is 1. The number of hydrogen-bond donors (Lipinski definition) is 0. The van der Waals surface area contributed by atoms with Crippen molar-refractivity contribution in [2.75, 3.05) is 27.4 Å². The third-order valence-corrected chi connectivity index (χ3v) is 4.27. The van der Waals surface area contributed by atoms with Gasteiger partial charge in [0.05, 0.1) is 32.5 Å². The second kappa shape index (κ2) is 7.21. The summed E-state index contributed by atoms with van der Waals surface area (Å²) in [5.41, 5.74) is 0.816. The Kier molecular flexibility index (Phi) is 5.52. The van der Waals surface area contributed by atoms with E-state index in [2.05, 4.69) is 0 Å². The lowest BCUT2D eigenvalue weighted by Gasteiger charge is -2.44. The van der Waals surface area contributed by atoms with Crippen LogP contribution in [0.2, 0.25) is 0 Å². The molecule has 0 N–H and O–H groups in total. The maximum atomic E-state index is 12.6. The molecule has 2 rings (SSSR count). The standard InChI is InChI=1S/C18H27NO4/c1-13-11-19(18(2,3)12-23-13)17(20)9-7-14-6-8-15(21-4)16(10-14)22-5/h6,8,10,13H,7,9,11-12H2,1-5H3. The zero-order valence-electron chi connectivity index (χ0n) is 14.7. The molecule has 1 unspecified atom stereocenters. The fourth-order valence-electron chi connectivity index (χ4n) is 2.84. The third-order valence-electron chi connectivity index (χ3n) is 4.27. The average Bonchev–Trinajstić information content (AvgIpc) is 2.54. The first-order valence-electron chi connectivity index (χ1n) is 8.00. The Morgan fingerprint density at radius 3 is 2.65 bits per heavy atom. The van der Waals surface area contributed by atoms with Crippen LogP contribution < -0.4 is 9.47 Å². The highest BCUT2D eigenvalue weighted by Gasteiger charge is 2.36. The maximum absolute atomic E-state index is 12.6. The van der Waals surface area contributed by atoms with Gasteiger partial charge in [0.25, 0.3) is 0 Å². The monoisotopic (exact) mass is 321 g/mol. The molecule has 0 saturated carbocycles. The number of aryl methyl sites for hydroxylation is 1. The van der Waals surface area contributed by atoms with Gasteiger partial charge in [-0.05, 0) is 44.9 Å². The number of rotatable bonds is 5. The van der Waals surface area contributed by atoms with Crippen molar-refractivity contribution < 1.29 is 19.0 Å². The summed E-state index contributed by atoms with van der Waals surface area (Å²) >= 11 is 0. The van der Waals surface area contributed by atoms with Crippen LogP contribution in [-0.4, -0.2) is 49.8 Å². The number of benzene rings is 1. The van der Waals surface area contributed by atoms with Crippen LogP contribution in [0, 0.1) is 0 Å². The molecule has 1 aromatic rings. The molecule has 1 aromatic carbocycles. The lowest BCUT2D eigenvalue weighted by Crippen LogP contribution is -2.57. The van der Waals surface area contributed by atoms with Crippen molar-refractivity contribution in [3.8, 4) is 11.5 Å². The molecule has 5 nitrogen and oxygen atoms in total. The first-order chi connectivity index (χ1) is 10.9. The van der Waals surface area contributed by atoms with Gasteiger partial charge in [-0.1, -0.05) is 6.07 Å². The molecular formula is C18H27NO4. The first-order valence-corrected chi connectivity index (χ1v) is 8.00. The summed E-state index contributed by atoms with van der Waals surface area (Å²) in [5, 5.41) is 0. The van der Waals surface area contributed by atoms with E-state index in [1.165, 1.54) is 0 Å². The Bertz CT molecular complexity index is 556. The largest absolute Gasteiger partial charge is 0.493 e. The number of ether oxygens (including phenoxy) is 3. The Morgan fingerprint density at radius 2 is 2.00 bits per heavy atom. The second-order valence-corrected chi connectivity index (χ2v) is 6.63. The average molecular weight is 321 g/mol. The Morgan fingerprint density at radius 1 is 1.30 bits per heavy atom. The molecule has 1 amide bonds. The molecule has 128 valence electrons. The van der Waals surface area contributed by atoms with Gasteiger partial charge in [0.1, 0.15) is 0 Å². The minimum Gasteiger partial charge on any atom is -0.493 e. The van der Waals surface area contributed by atoms with Crippen LogP contribution in [0.15, 0.2) is 18.2 Å². The van der Waals surface area contributed by atoms with Gasteiger partial charge < -0.3 is 19.1 Å². The van der Waals surface area contributed by atoms with Crippen LogP contribution in [0.5, 0.6) is 11.5 Å². The Hall–Kier alpha value is -1.75. The molecule has 1 heterocycles. The molecule has 0 aliphatic carbocycles. The lowest BCUT2D eigenvalue weighted by molar-refractivity contribution is -0.152. The number of amides is 1. The van der Waals surface area contributed by atoms with Crippen molar-refractivity contribution in [1.29, 1.82) is 0 Å². The van der Waals surface area contributed by atoms with E-state index < -0.39 is 0 Å². The molecule has 1 atom stereocenters. The molecule has 0 spiro atoms. The SMILES string of the molecule is COc1ccc(CCC(=O)N2CC(C)OCC2(C)C)cc1OC. The first kappa shape index (κ1) is 17.6. The smallest absolute Gasteiger partial charge is 0.223 e. The van der Waals surface area contributed by atoms with Crippen LogP contribution in [-0.2, 0) is 16.0 Å². The van der Waals surface area contributed by atoms with E-state index in [9.17, 15) is 4.79 Å². The van der Waals surface area contributed by atoms with Crippen LogP contribution >= 0.6 is 0 Å². The van der Waals surface area contributed by atoms with Crippen molar-refractivity contribution in [1.82, 2.24) is 4.90 Å². The van der Waals surface area contributed by atoms with Crippen molar-refractivity contribution in [3.05, 3.63) is 23.8 Å². The molecule has 0 bridgehead atoms. The molecule has 0 radical (unpaired) electrons. The predicted octanol–water partition coefficient (Wildman–Crippen LogP) is 2.66. The number of carbonyl (C=O) groups is 1. The van der Waals surface area contributed by atoms with Crippen LogP contribution in [0.25, 0.3) is 0 Å². The van der Waals surface area contributed by atoms with Crippen molar-refractivity contribution in [3.63, 3.8) is 0 Å². The number of methoxy groups -OCH3 is 2. The van der Waals surface area contributed by atoms with Gasteiger partial charge in [-0.15, -0.1) is 0 Å². The quantitative estimate of drug-likeness (QED) is 0.836. The summed E-state index contributed by atoms with van der Waals surface area (Å²) in [5.74, 6) is 1.56. The van der Waals surface area contributed by atoms with Gasteiger partial charge >= 0.3 is 0 Å². The molecule has 1 saturated heterocycles. The zero-order valence-corrected chi connectivity index (χ0v) is 14.7. The van der Waals surface area contributed by atoms with E-state index in [0.29, 0.717) is 37.5 Å². The van der Waals surface area contributed by atoms with Crippen molar-refractivity contribution >= 4 is 5.91 Å². The minimum absolute atomic E-state index is 0.0908. The number of nitrogens with zero attached hydrogens (tertiary/aromatic N) is 1. The maximum Gasteiger partial charge on any atom is 0.223 e. The highest BCUT2D eigenvalue weighted by atomic mass is 16.5. The number of carbonyl (C=O) groups excluding carboxylic acids is 1. The van der Waals surface area contributed by atoms with Crippen LogP contribution in [0.4, 0.5) is 0 Å². The van der Waals surface area contributed by atoms with E-state index in [0.717, 1.165) is 5.56 Å². The van der Waals surface area contributed by atoms with Gasteiger partial charge in [-0.2, -0.15) is 0 Å². The third kappa shape index (κ3) is 4.16. The normalized spacial score (nSPS) is 20.2. The van der Waals surface area contributed by atoms with Crippen molar-refractivity contribution in [2.24, 2.45) is 0 Å². The number of hydrogen-bond acceptors (Lipinski definition) is 4. The van der Waals surface area contributed by atoms with E-state index in [1.54, 1.807) is 14.2 Å². The van der Waals surface area contributed by atoms with E-state index >= 15 is 0 Å². The fraction of sp³-hybridized carbons (Fsp3) is 0.611. The van der Waals surface area contributed by atoms with E-state index in [4.69, 9.17) is 14.2 Å². The second-order valence-electron chi connectivity index (χ2n) is 6.63. The molecule has 1 aliphatic rings. The highest BCUT2D eigenvalue weighted by molar-refractivity contribution is 5.77. The highest BCUT2D eigenvalue weighted by Crippen LogP contribution is 2.28. The molecule has 0 aromatic heterocycles. The summed E-state index contributed by atoms with van der Waals surface area (Å²) < 4.78 is 16.2. The van der Waals surface area contributed by atoms with Crippen LogP contribution in [0.3, 0.4) is 0 Å². The van der Waals surface area contributed by atoms with Gasteiger partial charge in [-0.3, -0.25) is 4.79 Å². The van der Waals surface area contributed by atoms with Gasteiger partial charge in [0.15, 0.2) is 11.5 Å². The summed E-state index contributed by atoms with van der Waals surface area (Å²) in [6, 6.07) is 5.78. The molecule has 5 heteroatoms. The minimum atomic E-state index is -0.249. The topological polar surface area (TPSA) is 48.0 Å². The lowest BCUT2D eigenvalue weighted by atomic mass is 9.99. The Balaban J connectivity index is 2.01. The molecule has 23 heavy (non-hydrogen) atoms. The molecule has 1 fully saturated rings. The fourth-order valence-corrected chi connectivity index (χ4v) is 2.84.